The van der Waals surface area contributed by atoms with E-state index in [2.05, 4.69) is 65.4 Å². The molecule has 1 aromatic carbocycles. The standard InChI is InChI=1S/C27H23N7/c1-34(2)16-17-10-18(14-28-13-17)24-12-21-26(15-30-24)32-33-27(21)25-11-20-19(6-5-8-23(20)31-25)22-7-3-4-9-29-22/h3-15,31H,16H2,1-2H3,(H,32,33). The van der Waals surface area contributed by atoms with E-state index < -0.39 is 0 Å². The summed E-state index contributed by atoms with van der Waals surface area (Å²) >= 11 is 0. The number of pyridine rings is 3. The van der Waals surface area contributed by atoms with Crippen molar-refractivity contribution in [3.63, 3.8) is 0 Å². The van der Waals surface area contributed by atoms with Crippen LogP contribution >= 0.6 is 0 Å². The fourth-order valence-electron chi connectivity index (χ4n) is 4.39. The Morgan fingerprint density at radius 2 is 1.76 bits per heavy atom. The van der Waals surface area contributed by atoms with Crippen LogP contribution in [0.25, 0.3) is 55.7 Å². The maximum absolute atomic E-state index is 4.66. The van der Waals surface area contributed by atoms with Gasteiger partial charge in [-0.05, 0) is 56.1 Å². The van der Waals surface area contributed by atoms with E-state index >= 15 is 0 Å². The Balaban J connectivity index is 1.45. The number of benzene rings is 1. The summed E-state index contributed by atoms with van der Waals surface area (Å²) in [7, 11) is 4.10. The van der Waals surface area contributed by atoms with E-state index in [0.717, 1.165) is 67.8 Å². The summed E-state index contributed by atoms with van der Waals surface area (Å²) in [6.07, 6.45) is 7.41. The molecule has 0 fully saturated rings. The van der Waals surface area contributed by atoms with Gasteiger partial charge in [-0.3, -0.25) is 20.1 Å². The van der Waals surface area contributed by atoms with Crippen molar-refractivity contribution in [2.45, 2.75) is 6.54 Å². The van der Waals surface area contributed by atoms with Crippen molar-refractivity contribution in [2.75, 3.05) is 14.1 Å². The molecule has 34 heavy (non-hydrogen) atoms. The maximum Gasteiger partial charge on any atom is 0.116 e. The predicted octanol–water partition coefficient (Wildman–Crippen LogP) is 5.29. The molecule has 0 unspecified atom stereocenters. The van der Waals surface area contributed by atoms with Crippen molar-refractivity contribution in [2.24, 2.45) is 0 Å². The molecule has 0 saturated carbocycles. The molecule has 7 heteroatoms. The number of nitrogens with one attached hydrogen (secondary N) is 2. The van der Waals surface area contributed by atoms with Crippen molar-refractivity contribution in [3.8, 4) is 33.9 Å². The number of H-pyrrole nitrogens is 2. The van der Waals surface area contributed by atoms with Crippen LogP contribution in [0, 0.1) is 0 Å². The molecular formula is C27H23N7. The van der Waals surface area contributed by atoms with Crippen LogP contribution in [0.1, 0.15) is 5.56 Å². The van der Waals surface area contributed by atoms with E-state index in [0.29, 0.717) is 0 Å². The molecule has 7 nitrogen and oxygen atoms in total. The van der Waals surface area contributed by atoms with Crippen LogP contribution in [0.4, 0.5) is 0 Å². The minimum absolute atomic E-state index is 0.827. The van der Waals surface area contributed by atoms with Gasteiger partial charge in [-0.2, -0.15) is 5.10 Å². The quantitative estimate of drug-likeness (QED) is 0.376. The van der Waals surface area contributed by atoms with Crippen LogP contribution in [-0.2, 0) is 6.54 Å². The summed E-state index contributed by atoms with van der Waals surface area (Å²) in [4.78, 5) is 19.3. The van der Waals surface area contributed by atoms with Gasteiger partial charge in [0.2, 0.25) is 0 Å². The second kappa shape index (κ2) is 8.20. The second-order valence-electron chi connectivity index (χ2n) is 8.67. The van der Waals surface area contributed by atoms with Gasteiger partial charge in [0.1, 0.15) is 5.69 Å². The molecule has 5 heterocycles. The van der Waals surface area contributed by atoms with Gasteiger partial charge in [-0.1, -0.05) is 18.2 Å². The Morgan fingerprint density at radius 1 is 0.824 bits per heavy atom. The van der Waals surface area contributed by atoms with Gasteiger partial charge in [0, 0.05) is 52.6 Å². The van der Waals surface area contributed by atoms with Crippen molar-refractivity contribution in [1.29, 1.82) is 0 Å². The average molecular weight is 446 g/mol. The van der Waals surface area contributed by atoms with Gasteiger partial charge < -0.3 is 9.88 Å². The second-order valence-corrected chi connectivity index (χ2v) is 8.67. The number of hydrogen-bond acceptors (Lipinski definition) is 5. The molecule has 0 bridgehead atoms. The van der Waals surface area contributed by atoms with Gasteiger partial charge >= 0.3 is 0 Å². The number of rotatable bonds is 5. The fourth-order valence-corrected chi connectivity index (χ4v) is 4.39. The summed E-state index contributed by atoms with van der Waals surface area (Å²) in [5.74, 6) is 0. The first-order valence-electron chi connectivity index (χ1n) is 11.1. The smallest absolute Gasteiger partial charge is 0.116 e. The van der Waals surface area contributed by atoms with E-state index in [4.69, 9.17) is 0 Å². The van der Waals surface area contributed by atoms with Gasteiger partial charge in [0.25, 0.3) is 0 Å². The molecule has 5 aromatic heterocycles. The molecule has 0 saturated heterocycles. The molecular weight excluding hydrogens is 422 g/mol. The Hall–Kier alpha value is -4.36. The zero-order chi connectivity index (χ0) is 23.1. The summed E-state index contributed by atoms with van der Waals surface area (Å²) < 4.78 is 0. The Labute approximate surface area is 196 Å². The van der Waals surface area contributed by atoms with E-state index in [-0.39, 0.29) is 0 Å². The lowest BCUT2D eigenvalue weighted by atomic mass is 10.1. The fraction of sp³-hybridized carbons (Fsp3) is 0.111. The van der Waals surface area contributed by atoms with Crippen LogP contribution in [0.3, 0.4) is 0 Å². The monoisotopic (exact) mass is 445 g/mol. The van der Waals surface area contributed by atoms with Crippen molar-refractivity contribution in [3.05, 3.63) is 84.9 Å². The summed E-state index contributed by atoms with van der Waals surface area (Å²) in [5, 5.41) is 9.87. The number of fused-ring (bicyclic) bond motifs is 2. The van der Waals surface area contributed by atoms with Crippen LogP contribution in [0.2, 0.25) is 0 Å². The molecule has 6 rings (SSSR count). The number of nitrogens with zero attached hydrogens (tertiary/aromatic N) is 5. The maximum atomic E-state index is 4.66. The highest BCUT2D eigenvalue weighted by Crippen LogP contribution is 2.34. The Morgan fingerprint density at radius 3 is 2.62 bits per heavy atom. The largest absolute Gasteiger partial charge is 0.353 e. The highest BCUT2D eigenvalue weighted by Gasteiger charge is 2.15. The first-order chi connectivity index (χ1) is 16.7. The van der Waals surface area contributed by atoms with Gasteiger partial charge in [-0.25, -0.2) is 0 Å². The van der Waals surface area contributed by atoms with Crippen molar-refractivity contribution < 1.29 is 0 Å². The molecule has 0 amide bonds. The number of hydrogen-bond donors (Lipinski definition) is 2. The molecule has 0 aliphatic heterocycles. The van der Waals surface area contributed by atoms with E-state index in [1.54, 1.807) is 0 Å². The Kier molecular flexibility index (Phi) is 4.89. The normalized spacial score (nSPS) is 11.6. The predicted molar refractivity (Wildman–Crippen MR) is 135 cm³/mol. The summed E-state index contributed by atoms with van der Waals surface area (Å²) in [6, 6.07) is 18.6. The summed E-state index contributed by atoms with van der Waals surface area (Å²) in [5.41, 5.74) is 8.78. The van der Waals surface area contributed by atoms with E-state index in [1.165, 1.54) is 0 Å². The first-order valence-corrected chi connectivity index (χ1v) is 11.1. The first kappa shape index (κ1) is 20.3. The van der Waals surface area contributed by atoms with Crippen molar-refractivity contribution in [1.82, 2.24) is 35.0 Å². The topological polar surface area (TPSA) is 86.4 Å². The lowest BCUT2D eigenvalue weighted by Crippen LogP contribution is -2.10. The van der Waals surface area contributed by atoms with Gasteiger partial charge in [0.05, 0.1) is 28.8 Å². The lowest BCUT2D eigenvalue weighted by Gasteiger charge is -2.10. The molecule has 0 atom stereocenters. The van der Waals surface area contributed by atoms with Crippen LogP contribution in [0.15, 0.2) is 79.4 Å². The Bertz CT molecular complexity index is 1610. The zero-order valence-corrected chi connectivity index (χ0v) is 18.9. The summed E-state index contributed by atoms with van der Waals surface area (Å²) in [6.45, 7) is 0.827. The highest BCUT2D eigenvalue weighted by atomic mass is 15.1. The minimum atomic E-state index is 0.827. The highest BCUT2D eigenvalue weighted by molar-refractivity contribution is 6.01. The SMILES string of the molecule is CN(C)Cc1cncc(-c2cc3c(-c4cc5c(-c6ccccn6)cccc5[nH]4)n[nH]c3cn2)c1. The third kappa shape index (κ3) is 3.62. The van der Waals surface area contributed by atoms with Gasteiger partial charge in [-0.15, -0.1) is 0 Å². The zero-order valence-electron chi connectivity index (χ0n) is 18.9. The van der Waals surface area contributed by atoms with Crippen molar-refractivity contribution >= 4 is 21.8 Å². The molecule has 2 N–H and O–H groups in total. The number of aromatic nitrogens is 6. The molecule has 166 valence electrons. The molecule has 0 aliphatic rings. The molecule has 0 spiro atoms. The van der Waals surface area contributed by atoms with Crippen LogP contribution in [0.5, 0.6) is 0 Å². The third-order valence-corrected chi connectivity index (χ3v) is 5.90. The average Bonchev–Trinajstić information content (AvgIpc) is 3.48. The number of aromatic amines is 2. The van der Waals surface area contributed by atoms with Gasteiger partial charge in [0.15, 0.2) is 0 Å². The minimum Gasteiger partial charge on any atom is -0.353 e. The molecule has 0 aliphatic carbocycles. The lowest BCUT2D eigenvalue weighted by molar-refractivity contribution is 0.402. The van der Waals surface area contributed by atoms with E-state index in [1.807, 2.05) is 63.1 Å². The van der Waals surface area contributed by atoms with E-state index in [9.17, 15) is 0 Å². The van der Waals surface area contributed by atoms with Crippen LogP contribution < -0.4 is 0 Å². The molecule has 6 aromatic rings. The molecule has 0 radical (unpaired) electrons. The third-order valence-electron chi connectivity index (χ3n) is 5.90. The van der Waals surface area contributed by atoms with Crippen LogP contribution in [-0.4, -0.2) is 49.1 Å².